The summed E-state index contributed by atoms with van der Waals surface area (Å²) in [5.41, 5.74) is 2.31. The van der Waals surface area contributed by atoms with Gasteiger partial charge in [-0.15, -0.1) is 0 Å². The van der Waals surface area contributed by atoms with E-state index in [4.69, 9.17) is 0 Å². The Morgan fingerprint density at radius 2 is 1.79 bits per heavy atom. The average Bonchev–Trinajstić information content (AvgIpc) is 3.28. The van der Waals surface area contributed by atoms with Crippen LogP contribution in [0.3, 0.4) is 0 Å². The van der Waals surface area contributed by atoms with Crippen LogP contribution in [-0.4, -0.2) is 56.1 Å². The largest absolute Gasteiger partial charge is 0.326 e. The molecule has 10 heteroatoms. The zero-order valence-electron chi connectivity index (χ0n) is 23.2. The fourth-order valence-corrected chi connectivity index (χ4v) is 5.74. The summed E-state index contributed by atoms with van der Waals surface area (Å²) in [6.45, 7) is 11.4. The molecule has 4 heterocycles. The van der Waals surface area contributed by atoms with E-state index in [1.165, 1.54) is 6.07 Å². The number of piperidine rings is 1. The summed E-state index contributed by atoms with van der Waals surface area (Å²) in [5, 5.41) is 6.53. The molecule has 8 nitrogen and oxygen atoms in total. The van der Waals surface area contributed by atoms with Gasteiger partial charge in [-0.25, -0.2) is 28.7 Å². The first-order valence-electron chi connectivity index (χ1n) is 13.6. The maximum atomic E-state index is 15.0. The molecule has 0 spiro atoms. The maximum absolute atomic E-state index is 15.0. The zero-order chi connectivity index (χ0) is 27.7. The highest BCUT2D eigenvalue weighted by atomic mass is 19.1. The van der Waals surface area contributed by atoms with Gasteiger partial charge in [0.1, 0.15) is 22.9 Å². The van der Waals surface area contributed by atoms with Crippen molar-refractivity contribution in [2.45, 2.75) is 52.6 Å². The van der Waals surface area contributed by atoms with Crippen LogP contribution < -0.4 is 10.6 Å². The number of aryl methyl sites for hydroxylation is 1. The van der Waals surface area contributed by atoms with Crippen LogP contribution >= 0.6 is 0 Å². The molecule has 0 bridgehead atoms. The van der Waals surface area contributed by atoms with Crippen molar-refractivity contribution in [2.75, 3.05) is 32.0 Å². The van der Waals surface area contributed by atoms with Crippen molar-refractivity contribution in [1.82, 2.24) is 34.7 Å². The molecule has 39 heavy (non-hydrogen) atoms. The van der Waals surface area contributed by atoms with E-state index in [9.17, 15) is 8.78 Å². The number of pyridine rings is 1. The van der Waals surface area contributed by atoms with Crippen molar-refractivity contribution in [2.24, 2.45) is 5.92 Å². The van der Waals surface area contributed by atoms with Crippen molar-refractivity contribution < 1.29 is 8.78 Å². The first-order valence-corrected chi connectivity index (χ1v) is 13.6. The number of aromatic nitrogens is 5. The number of fused-ring (bicyclic) bond motifs is 1. The minimum atomic E-state index is -0.638. The van der Waals surface area contributed by atoms with Gasteiger partial charge in [0.25, 0.3) is 0 Å². The number of imidazole rings is 1. The van der Waals surface area contributed by atoms with Crippen LogP contribution in [0.2, 0.25) is 0 Å². The highest BCUT2D eigenvalue weighted by molar-refractivity contribution is 5.83. The summed E-state index contributed by atoms with van der Waals surface area (Å²) in [5.74, 6) is 0.813. The number of hydrogen-bond donors (Lipinski definition) is 2. The van der Waals surface area contributed by atoms with Crippen LogP contribution in [0.1, 0.15) is 57.1 Å². The molecule has 0 aliphatic carbocycles. The van der Waals surface area contributed by atoms with Crippen molar-refractivity contribution in [1.29, 1.82) is 0 Å². The van der Waals surface area contributed by atoms with Gasteiger partial charge in [0.2, 0.25) is 5.95 Å². The van der Waals surface area contributed by atoms with Crippen molar-refractivity contribution in [3.63, 3.8) is 0 Å². The molecule has 5 rings (SSSR count). The average molecular weight is 535 g/mol. The van der Waals surface area contributed by atoms with E-state index in [1.807, 2.05) is 50.7 Å². The van der Waals surface area contributed by atoms with Crippen molar-refractivity contribution in [3.05, 3.63) is 59.7 Å². The highest BCUT2D eigenvalue weighted by Gasteiger charge is 2.26. The third-order valence-corrected chi connectivity index (χ3v) is 7.71. The van der Waals surface area contributed by atoms with E-state index in [0.717, 1.165) is 44.2 Å². The standard InChI is InChI=1S/C29H36F2N8/c1-6-38-11-9-19(10-12-38)26(32-5)20-7-8-25(33-15-20)36-29-34-16-23(31)27(37-29)21-13-22(30)28-24(14-21)39(17(2)3)18(4)35-28/h7-8,13-17,19,26,32H,6,9-12H2,1-5H3,(H,33,34,36,37). The summed E-state index contributed by atoms with van der Waals surface area (Å²) in [6, 6.07) is 7.22. The Morgan fingerprint density at radius 1 is 1.03 bits per heavy atom. The quantitative estimate of drug-likeness (QED) is 0.296. The zero-order valence-corrected chi connectivity index (χ0v) is 23.2. The van der Waals surface area contributed by atoms with Crippen molar-refractivity contribution >= 4 is 22.8 Å². The predicted molar refractivity (Wildman–Crippen MR) is 150 cm³/mol. The lowest BCUT2D eigenvalue weighted by atomic mass is 9.86. The number of nitrogens with one attached hydrogen (secondary N) is 2. The molecular weight excluding hydrogens is 498 g/mol. The molecule has 206 valence electrons. The summed E-state index contributed by atoms with van der Waals surface area (Å²) in [4.78, 5) is 19.9. The van der Waals surface area contributed by atoms with Crippen LogP contribution in [0.15, 0.2) is 36.7 Å². The van der Waals surface area contributed by atoms with Gasteiger partial charge in [0.05, 0.1) is 11.7 Å². The Hall–Kier alpha value is -3.50. The smallest absolute Gasteiger partial charge is 0.229 e. The SMILES string of the molecule is CCN1CCC(C(NC)c2ccc(Nc3ncc(F)c(-c4cc(F)c5nc(C)n(C(C)C)c5c4)n3)nc2)CC1. The Balaban J connectivity index is 1.38. The molecule has 3 aromatic heterocycles. The topological polar surface area (TPSA) is 83.8 Å². The van der Waals surface area contributed by atoms with E-state index in [-0.39, 0.29) is 29.2 Å². The maximum Gasteiger partial charge on any atom is 0.229 e. The van der Waals surface area contributed by atoms with Gasteiger partial charge in [0.15, 0.2) is 11.6 Å². The molecule has 1 unspecified atom stereocenters. The van der Waals surface area contributed by atoms with Gasteiger partial charge in [-0.2, -0.15) is 0 Å². The highest BCUT2D eigenvalue weighted by Crippen LogP contribution is 2.32. The van der Waals surface area contributed by atoms with Gasteiger partial charge in [-0.1, -0.05) is 13.0 Å². The molecule has 1 fully saturated rings. The van der Waals surface area contributed by atoms with Gasteiger partial charge in [-0.3, -0.25) is 0 Å². The van der Waals surface area contributed by atoms with Crippen LogP contribution in [0.5, 0.6) is 0 Å². The molecule has 1 aliphatic rings. The summed E-state index contributed by atoms with van der Waals surface area (Å²) < 4.78 is 31.8. The van der Waals surface area contributed by atoms with E-state index in [0.29, 0.717) is 28.6 Å². The monoisotopic (exact) mass is 534 g/mol. The second-order valence-corrected chi connectivity index (χ2v) is 10.5. The summed E-state index contributed by atoms with van der Waals surface area (Å²) in [6.07, 6.45) is 5.25. The molecule has 1 saturated heterocycles. The molecule has 1 atom stereocenters. The molecule has 4 aromatic rings. The number of nitrogens with zero attached hydrogens (tertiary/aromatic N) is 6. The van der Waals surface area contributed by atoms with Gasteiger partial charge in [0, 0.05) is 23.8 Å². The Bertz CT molecular complexity index is 1440. The first kappa shape index (κ1) is 27.1. The number of benzene rings is 1. The van der Waals surface area contributed by atoms with E-state index >= 15 is 0 Å². The molecular formula is C29H36F2N8. The molecule has 0 amide bonds. The molecule has 1 aromatic carbocycles. The third kappa shape index (κ3) is 5.49. The van der Waals surface area contributed by atoms with Gasteiger partial charge in [-0.05, 0) is 90.0 Å². The summed E-state index contributed by atoms with van der Waals surface area (Å²) >= 11 is 0. The Morgan fingerprint density at radius 3 is 2.44 bits per heavy atom. The number of hydrogen-bond acceptors (Lipinski definition) is 7. The van der Waals surface area contributed by atoms with E-state index in [2.05, 4.69) is 42.4 Å². The van der Waals surface area contributed by atoms with Crippen LogP contribution in [0.25, 0.3) is 22.3 Å². The summed E-state index contributed by atoms with van der Waals surface area (Å²) in [7, 11) is 1.99. The van der Waals surface area contributed by atoms with Crippen LogP contribution in [0.4, 0.5) is 20.5 Å². The lowest BCUT2D eigenvalue weighted by Gasteiger charge is -2.35. The number of rotatable bonds is 8. The predicted octanol–water partition coefficient (Wildman–Crippen LogP) is 5.79. The second-order valence-electron chi connectivity index (χ2n) is 10.5. The van der Waals surface area contributed by atoms with E-state index < -0.39 is 11.6 Å². The molecule has 1 aliphatic heterocycles. The molecule has 0 radical (unpaired) electrons. The Kier molecular flexibility index (Phi) is 7.86. The van der Waals surface area contributed by atoms with Crippen molar-refractivity contribution in [3.8, 4) is 11.3 Å². The van der Waals surface area contributed by atoms with Gasteiger partial charge < -0.3 is 20.1 Å². The third-order valence-electron chi connectivity index (χ3n) is 7.71. The minimum Gasteiger partial charge on any atom is -0.326 e. The normalized spacial score (nSPS) is 15.8. The molecule has 2 N–H and O–H groups in total. The number of likely N-dealkylation sites (tertiary alicyclic amines) is 1. The number of halogens is 2. The fourth-order valence-electron chi connectivity index (χ4n) is 5.74. The first-order chi connectivity index (χ1) is 18.8. The van der Waals surface area contributed by atoms with Crippen LogP contribution in [-0.2, 0) is 0 Å². The van der Waals surface area contributed by atoms with E-state index in [1.54, 1.807) is 6.07 Å². The minimum absolute atomic E-state index is 0.00717. The fraction of sp³-hybridized carbons (Fsp3) is 0.448. The lowest BCUT2D eigenvalue weighted by Crippen LogP contribution is -2.38. The lowest BCUT2D eigenvalue weighted by molar-refractivity contribution is 0.167. The Labute approximate surface area is 227 Å². The molecule has 0 saturated carbocycles. The van der Waals surface area contributed by atoms with Crippen LogP contribution in [0, 0.1) is 24.5 Å². The van der Waals surface area contributed by atoms with Gasteiger partial charge >= 0.3 is 0 Å². The second kappa shape index (κ2) is 11.3. The number of anilines is 2.